The second-order valence-corrected chi connectivity index (χ2v) is 6.63. The zero-order valence-corrected chi connectivity index (χ0v) is 11.5. The van der Waals surface area contributed by atoms with Crippen molar-refractivity contribution in [1.29, 1.82) is 0 Å². The van der Waals surface area contributed by atoms with Crippen LogP contribution < -0.4 is 5.73 Å². The van der Waals surface area contributed by atoms with Crippen LogP contribution in [-0.2, 0) is 4.74 Å². The molecule has 2 nitrogen and oxygen atoms in total. The fourth-order valence-corrected chi connectivity index (χ4v) is 4.47. The molecule has 1 atom stereocenters. The first-order chi connectivity index (χ1) is 8.83. The van der Waals surface area contributed by atoms with E-state index in [1.807, 2.05) is 11.8 Å². The SMILES string of the molecule is NCC1(CC2CSc3ccccc32)CCOCC1. The van der Waals surface area contributed by atoms with E-state index in [-0.39, 0.29) is 0 Å². The van der Waals surface area contributed by atoms with Gasteiger partial charge in [-0.1, -0.05) is 18.2 Å². The van der Waals surface area contributed by atoms with Crippen LogP contribution in [-0.4, -0.2) is 25.5 Å². The lowest BCUT2D eigenvalue weighted by Crippen LogP contribution is -2.38. The monoisotopic (exact) mass is 263 g/mol. The lowest BCUT2D eigenvalue weighted by atomic mass is 9.72. The average Bonchev–Trinajstić information content (AvgIpc) is 2.83. The van der Waals surface area contributed by atoms with Gasteiger partial charge in [0.05, 0.1) is 0 Å². The van der Waals surface area contributed by atoms with E-state index in [1.165, 1.54) is 17.1 Å². The minimum absolute atomic E-state index is 0.320. The molecule has 0 saturated carbocycles. The van der Waals surface area contributed by atoms with Crippen molar-refractivity contribution in [3.63, 3.8) is 0 Å². The van der Waals surface area contributed by atoms with E-state index in [2.05, 4.69) is 24.3 Å². The van der Waals surface area contributed by atoms with Crippen molar-refractivity contribution in [2.75, 3.05) is 25.5 Å². The van der Waals surface area contributed by atoms with E-state index in [0.29, 0.717) is 11.3 Å². The summed E-state index contributed by atoms with van der Waals surface area (Å²) >= 11 is 2.00. The van der Waals surface area contributed by atoms with Crippen molar-refractivity contribution in [3.8, 4) is 0 Å². The van der Waals surface area contributed by atoms with Gasteiger partial charge in [0.1, 0.15) is 0 Å². The Morgan fingerprint density at radius 1 is 1.28 bits per heavy atom. The smallest absolute Gasteiger partial charge is 0.0471 e. The molecule has 18 heavy (non-hydrogen) atoms. The fraction of sp³-hybridized carbons (Fsp3) is 0.600. The van der Waals surface area contributed by atoms with Crippen molar-refractivity contribution < 1.29 is 4.74 Å². The van der Waals surface area contributed by atoms with Crippen molar-refractivity contribution in [1.82, 2.24) is 0 Å². The van der Waals surface area contributed by atoms with E-state index in [1.54, 1.807) is 5.56 Å². The van der Waals surface area contributed by atoms with Gasteiger partial charge in [-0.3, -0.25) is 0 Å². The lowest BCUT2D eigenvalue weighted by Gasteiger charge is -2.38. The number of hydrogen-bond acceptors (Lipinski definition) is 3. The van der Waals surface area contributed by atoms with E-state index in [4.69, 9.17) is 10.5 Å². The number of rotatable bonds is 3. The van der Waals surface area contributed by atoms with E-state index >= 15 is 0 Å². The summed E-state index contributed by atoms with van der Waals surface area (Å²) in [6, 6.07) is 8.85. The third-order valence-electron chi connectivity index (χ3n) is 4.46. The van der Waals surface area contributed by atoms with Gasteiger partial charge in [0.25, 0.3) is 0 Å². The van der Waals surface area contributed by atoms with E-state index in [0.717, 1.165) is 32.6 Å². The van der Waals surface area contributed by atoms with Crippen LogP contribution in [0.5, 0.6) is 0 Å². The van der Waals surface area contributed by atoms with Gasteiger partial charge in [-0.2, -0.15) is 0 Å². The van der Waals surface area contributed by atoms with Gasteiger partial charge in [0, 0.05) is 23.9 Å². The summed E-state index contributed by atoms with van der Waals surface area (Å²) in [5.41, 5.74) is 7.94. The summed E-state index contributed by atoms with van der Waals surface area (Å²) < 4.78 is 5.50. The maximum Gasteiger partial charge on any atom is 0.0471 e. The molecule has 0 amide bonds. The summed E-state index contributed by atoms with van der Waals surface area (Å²) in [5, 5.41) is 0. The van der Waals surface area contributed by atoms with Crippen molar-refractivity contribution >= 4 is 11.8 Å². The van der Waals surface area contributed by atoms with E-state index in [9.17, 15) is 0 Å². The molecular formula is C15H21NOS. The highest BCUT2D eigenvalue weighted by Gasteiger charge is 2.36. The summed E-state index contributed by atoms with van der Waals surface area (Å²) in [6.45, 7) is 2.58. The van der Waals surface area contributed by atoms with Gasteiger partial charge in [-0.05, 0) is 48.8 Å². The molecule has 3 heteroatoms. The van der Waals surface area contributed by atoms with Crippen molar-refractivity contribution in [3.05, 3.63) is 29.8 Å². The zero-order chi connectivity index (χ0) is 12.4. The Kier molecular flexibility index (Phi) is 3.64. The maximum atomic E-state index is 6.07. The molecule has 0 spiro atoms. The summed E-state index contributed by atoms with van der Waals surface area (Å²) in [7, 11) is 0. The van der Waals surface area contributed by atoms with Gasteiger partial charge < -0.3 is 10.5 Å². The zero-order valence-electron chi connectivity index (χ0n) is 10.7. The molecule has 0 bridgehead atoms. The minimum atomic E-state index is 0.320. The number of fused-ring (bicyclic) bond motifs is 1. The first kappa shape index (κ1) is 12.5. The summed E-state index contributed by atoms with van der Waals surface area (Å²) in [5.74, 6) is 1.91. The number of thioether (sulfide) groups is 1. The molecular weight excluding hydrogens is 242 g/mol. The largest absolute Gasteiger partial charge is 0.381 e. The number of nitrogens with two attached hydrogens (primary N) is 1. The number of hydrogen-bond donors (Lipinski definition) is 1. The van der Waals surface area contributed by atoms with Crippen LogP contribution in [0.4, 0.5) is 0 Å². The molecule has 2 aliphatic rings. The minimum Gasteiger partial charge on any atom is -0.381 e. The average molecular weight is 263 g/mol. The molecule has 0 aromatic heterocycles. The molecule has 3 rings (SSSR count). The maximum absolute atomic E-state index is 6.07. The Morgan fingerprint density at radius 2 is 2.06 bits per heavy atom. The van der Waals surface area contributed by atoms with Gasteiger partial charge in [-0.15, -0.1) is 11.8 Å². The molecule has 1 saturated heterocycles. The summed E-state index contributed by atoms with van der Waals surface area (Å²) in [6.07, 6.45) is 3.50. The van der Waals surface area contributed by atoms with Gasteiger partial charge in [0.15, 0.2) is 0 Å². The molecule has 0 aliphatic carbocycles. The quantitative estimate of drug-likeness (QED) is 0.910. The second-order valence-electron chi connectivity index (χ2n) is 5.57. The molecule has 2 heterocycles. The van der Waals surface area contributed by atoms with Crippen LogP contribution in [0.2, 0.25) is 0 Å². The standard InChI is InChI=1S/C15H21NOS/c16-11-15(5-7-17-8-6-15)9-12-10-18-14-4-2-1-3-13(12)14/h1-4,12H,5-11,16H2. The van der Waals surface area contributed by atoms with Crippen LogP contribution in [0.3, 0.4) is 0 Å². The molecule has 98 valence electrons. The molecule has 1 aromatic rings. The predicted molar refractivity (Wildman–Crippen MR) is 76.1 cm³/mol. The first-order valence-corrected chi connectivity index (χ1v) is 7.81. The molecule has 1 aromatic carbocycles. The Morgan fingerprint density at radius 3 is 2.83 bits per heavy atom. The Labute approximate surface area is 113 Å². The van der Waals surface area contributed by atoms with Crippen molar-refractivity contribution in [2.45, 2.75) is 30.1 Å². The highest BCUT2D eigenvalue weighted by Crippen LogP contribution is 2.47. The van der Waals surface area contributed by atoms with Crippen molar-refractivity contribution in [2.24, 2.45) is 11.1 Å². The Balaban J connectivity index is 1.77. The van der Waals surface area contributed by atoms with Crippen LogP contribution in [0.25, 0.3) is 0 Å². The Hall–Kier alpha value is -0.510. The van der Waals surface area contributed by atoms with Crippen LogP contribution in [0, 0.1) is 5.41 Å². The molecule has 2 aliphatic heterocycles. The predicted octanol–water partition coefficient (Wildman–Crippen LogP) is 3.02. The third kappa shape index (κ3) is 2.31. The first-order valence-electron chi connectivity index (χ1n) is 6.83. The molecule has 1 unspecified atom stereocenters. The fourth-order valence-electron chi connectivity index (χ4n) is 3.22. The van der Waals surface area contributed by atoms with Crippen LogP contribution in [0.1, 0.15) is 30.7 Å². The summed E-state index contributed by atoms with van der Waals surface area (Å²) in [4.78, 5) is 1.47. The number of benzene rings is 1. The second kappa shape index (κ2) is 5.24. The molecule has 2 N–H and O–H groups in total. The normalized spacial score (nSPS) is 25.9. The topological polar surface area (TPSA) is 35.2 Å². The third-order valence-corrected chi connectivity index (χ3v) is 5.72. The molecule has 1 fully saturated rings. The van der Waals surface area contributed by atoms with Gasteiger partial charge in [-0.25, -0.2) is 0 Å². The van der Waals surface area contributed by atoms with E-state index < -0.39 is 0 Å². The lowest BCUT2D eigenvalue weighted by molar-refractivity contribution is 0.0121. The van der Waals surface area contributed by atoms with Crippen LogP contribution >= 0.6 is 11.8 Å². The highest BCUT2D eigenvalue weighted by atomic mass is 32.2. The van der Waals surface area contributed by atoms with Gasteiger partial charge in [0.2, 0.25) is 0 Å². The van der Waals surface area contributed by atoms with Crippen LogP contribution in [0.15, 0.2) is 29.2 Å². The Bertz CT molecular complexity index is 415. The van der Waals surface area contributed by atoms with Gasteiger partial charge >= 0.3 is 0 Å². The number of ether oxygens (including phenoxy) is 1. The highest BCUT2D eigenvalue weighted by molar-refractivity contribution is 7.99. The molecule has 0 radical (unpaired) electrons.